The van der Waals surface area contributed by atoms with Gasteiger partial charge >= 0.3 is 0 Å². The van der Waals surface area contributed by atoms with E-state index in [2.05, 4.69) is 374 Å². The summed E-state index contributed by atoms with van der Waals surface area (Å²) in [5, 5.41) is 0. The van der Waals surface area contributed by atoms with Crippen molar-refractivity contribution in [3.63, 3.8) is 0 Å². The molecule has 0 bridgehead atoms. The first-order valence-corrected chi connectivity index (χ1v) is 39.6. The minimum absolute atomic E-state index is 0.0361. The molecule has 0 saturated carbocycles. The maximum Gasteiger partial charge on any atom is 0.173 e. The molecular formula is C102H114N2O6+2. The zero-order valence-electron chi connectivity index (χ0n) is 67.5. The summed E-state index contributed by atoms with van der Waals surface area (Å²) >= 11 is 0. The van der Waals surface area contributed by atoms with Gasteiger partial charge in [-0.3, -0.25) is 0 Å². The van der Waals surface area contributed by atoms with Crippen LogP contribution in [0, 0.1) is 0 Å². The van der Waals surface area contributed by atoms with Crippen molar-refractivity contribution in [1.82, 2.24) is 0 Å². The average molecular weight is 1460 g/mol. The van der Waals surface area contributed by atoms with Gasteiger partial charge in [0, 0.05) is 35.4 Å². The van der Waals surface area contributed by atoms with Crippen LogP contribution in [0.3, 0.4) is 0 Å². The van der Waals surface area contributed by atoms with Gasteiger partial charge in [-0.05, 0) is 196 Å². The third-order valence-electron chi connectivity index (χ3n) is 21.6. The molecule has 0 unspecified atom stereocenters. The molecule has 0 radical (unpaired) electrons. The predicted molar refractivity (Wildman–Crippen MR) is 450 cm³/mol. The molecule has 8 heteroatoms. The van der Waals surface area contributed by atoms with Crippen LogP contribution in [0.15, 0.2) is 292 Å². The Hall–Kier alpha value is -10.4. The number of rotatable bonds is 31. The second-order valence-corrected chi connectivity index (χ2v) is 33.4. The maximum atomic E-state index is 6.28. The van der Waals surface area contributed by atoms with Gasteiger partial charge in [0.05, 0.1) is 37.3 Å². The Kier molecular flexibility index (Phi) is 25.3. The number of aryl methyl sites for hydroxylation is 2. The van der Waals surface area contributed by atoms with Gasteiger partial charge < -0.3 is 28.4 Å². The highest BCUT2D eigenvalue weighted by atomic mass is 16.5. The van der Waals surface area contributed by atoms with Crippen LogP contribution in [0.4, 0.5) is 0 Å². The van der Waals surface area contributed by atoms with Gasteiger partial charge in [-0.25, -0.2) is 9.13 Å². The molecule has 0 fully saturated rings. The summed E-state index contributed by atoms with van der Waals surface area (Å²) in [4.78, 5) is 0. The highest BCUT2D eigenvalue weighted by Gasteiger charge is 2.41. The quantitative estimate of drug-likeness (QED) is 0.0245. The predicted octanol–water partition coefficient (Wildman–Crippen LogP) is 22.1. The first-order chi connectivity index (χ1) is 52.9. The van der Waals surface area contributed by atoms with Crippen molar-refractivity contribution in [3.8, 4) is 34.1 Å². The standard InChI is InChI=1S/C102H114N2O6/c1-15-75-17-25-85(26-18-75)101(87-37-29-81(30-38-87)97(3,4)5,88-39-31-82(32-40-88)98(6,7)8)91-45-53-95(54-46-91)109-71-67-105-65-69-107-93-49-21-77(22-50-93)73-103-61-57-79(58-62-103)80-59-63-104(64-60-80)74-78-23-51-94(52-24-78)108-70-66-106-68-72-110-96-55-47-92(48-56-96)102(86-27-19-76(16-2)20-28-86,89-41-33-83(34-42-89)99(9,10)11)90-43-35-84(36-44-90)100(12,13)14/h17-64H,15-16,65-74H2,1-14H3/q+2. The lowest BCUT2D eigenvalue weighted by Gasteiger charge is -2.38. The van der Waals surface area contributed by atoms with Gasteiger partial charge in [-0.1, -0.05) is 267 Å². The van der Waals surface area contributed by atoms with Crippen LogP contribution in [0.25, 0.3) is 11.1 Å². The average Bonchev–Trinajstić information content (AvgIpc) is 0.735. The number of aromatic nitrogens is 2. The zero-order chi connectivity index (χ0) is 77.5. The minimum atomic E-state index is -0.569. The second kappa shape index (κ2) is 35.1. The lowest BCUT2D eigenvalue weighted by atomic mass is 9.64. The summed E-state index contributed by atoms with van der Waals surface area (Å²) in [5.74, 6) is 3.23. The van der Waals surface area contributed by atoms with Crippen LogP contribution in [-0.2, 0) is 67.9 Å². The fraction of sp³-hybridized carbons (Fsp3) is 0.314. The molecule has 0 atom stereocenters. The number of benzene rings is 10. The van der Waals surface area contributed by atoms with Crippen molar-refractivity contribution < 1.29 is 37.6 Å². The number of hydrogen-bond acceptors (Lipinski definition) is 6. The van der Waals surface area contributed by atoms with E-state index in [1.165, 1.54) is 89.0 Å². The molecule has 10 aromatic carbocycles. The van der Waals surface area contributed by atoms with E-state index in [1.54, 1.807) is 0 Å². The Morgan fingerprint density at radius 3 is 0.600 bits per heavy atom. The normalized spacial score (nSPS) is 12.2. The minimum Gasteiger partial charge on any atom is -0.491 e. The first-order valence-electron chi connectivity index (χ1n) is 39.6. The molecule has 2 aromatic heterocycles. The van der Waals surface area contributed by atoms with Gasteiger partial charge in [-0.2, -0.15) is 0 Å². The van der Waals surface area contributed by atoms with E-state index < -0.39 is 10.8 Å². The molecule has 0 aliphatic carbocycles. The monoisotopic (exact) mass is 1460 g/mol. The number of ether oxygens (including phenoxy) is 6. The van der Waals surface area contributed by atoms with Crippen molar-refractivity contribution in [1.29, 1.82) is 0 Å². The molecule has 0 saturated heterocycles. The van der Waals surface area contributed by atoms with E-state index in [1.807, 2.05) is 24.3 Å². The van der Waals surface area contributed by atoms with Crippen LogP contribution >= 0.6 is 0 Å². The molecular weight excluding hydrogens is 1350 g/mol. The van der Waals surface area contributed by atoms with Crippen molar-refractivity contribution in [2.45, 2.75) is 155 Å². The van der Waals surface area contributed by atoms with Crippen molar-refractivity contribution in [3.05, 3.63) is 381 Å². The van der Waals surface area contributed by atoms with Crippen LogP contribution in [0.5, 0.6) is 23.0 Å². The molecule has 0 spiro atoms. The molecule has 8 nitrogen and oxygen atoms in total. The van der Waals surface area contributed by atoms with Gasteiger partial charge in [0.15, 0.2) is 37.9 Å². The maximum absolute atomic E-state index is 6.28. The topological polar surface area (TPSA) is 63.1 Å². The Labute approximate surface area is 656 Å². The molecule has 2 heterocycles. The van der Waals surface area contributed by atoms with Gasteiger partial charge in [0.25, 0.3) is 0 Å². The van der Waals surface area contributed by atoms with E-state index in [0.717, 1.165) is 60.1 Å². The van der Waals surface area contributed by atoms with E-state index in [9.17, 15) is 0 Å². The molecule has 0 aliphatic heterocycles. The third kappa shape index (κ3) is 19.2. The summed E-state index contributed by atoms with van der Waals surface area (Å²) in [5.41, 5.74) is 21.3. The molecule has 110 heavy (non-hydrogen) atoms. The second-order valence-electron chi connectivity index (χ2n) is 33.4. The SMILES string of the molecule is CCc1ccc(C(c2ccc(OCCOCCOc3ccc(C[n+]4ccc(-c5cc[n+](Cc6ccc(OCCOCCOc7ccc(C(c8ccc(CC)cc8)(c8ccc(C(C)(C)C)cc8)c8ccc(C(C)(C)C)cc8)cc7)cc6)cc5)cc4)cc3)cc2)(c2ccc(C(C)(C)C)cc2)c2ccc(C(C)(C)C)cc2)cc1. The molecule has 0 aliphatic rings. The molecule has 566 valence electrons. The van der Waals surface area contributed by atoms with Gasteiger partial charge in [-0.15, -0.1) is 0 Å². The highest BCUT2D eigenvalue weighted by Crippen LogP contribution is 2.49. The Morgan fingerprint density at radius 2 is 0.391 bits per heavy atom. The first kappa shape index (κ1) is 79.2. The zero-order valence-corrected chi connectivity index (χ0v) is 67.5. The smallest absolute Gasteiger partial charge is 0.173 e. The van der Waals surface area contributed by atoms with Crippen molar-refractivity contribution in [2.24, 2.45) is 0 Å². The summed E-state index contributed by atoms with van der Waals surface area (Å²) in [6, 6.07) is 98.2. The number of hydrogen-bond donors (Lipinski definition) is 0. The number of nitrogens with zero attached hydrogens (tertiary/aromatic N) is 2. The molecule has 0 N–H and O–H groups in total. The van der Waals surface area contributed by atoms with Crippen LogP contribution in [0.2, 0.25) is 0 Å². The van der Waals surface area contributed by atoms with Crippen LogP contribution in [-0.4, -0.2) is 52.9 Å². The summed E-state index contributed by atoms with van der Waals surface area (Å²) in [6.45, 7) is 36.8. The molecule has 0 amide bonds. The molecule has 12 rings (SSSR count). The highest BCUT2D eigenvalue weighted by molar-refractivity contribution is 5.64. The fourth-order valence-electron chi connectivity index (χ4n) is 14.9. The van der Waals surface area contributed by atoms with E-state index in [4.69, 9.17) is 28.4 Å². The van der Waals surface area contributed by atoms with Gasteiger partial charge in [0.1, 0.15) is 49.4 Å². The fourth-order valence-corrected chi connectivity index (χ4v) is 14.9. The summed E-state index contributed by atoms with van der Waals surface area (Å²) in [6.07, 6.45) is 10.5. The van der Waals surface area contributed by atoms with Crippen LogP contribution < -0.4 is 28.1 Å². The van der Waals surface area contributed by atoms with E-state index >= 15 is 0 Å². The summed E-state index contributed by atoms with van der Waals surface area (Å²) in [7, 11) is 0. The Morgan fingerprint density at radius 1 is 0.209 bits per heavy atom. The Balaban J connectivity index is 0.561. The van der Waals surface area contributed by atoms with Crippen LogP contribution in [0.1, 0.15) is 186 Å². The lowest BCUT2D eigenvalue weighted by Crippen LogP contribution is -2.33. The molecule has 12 aromatic rings. The van der Waals surface area contributed by atoms with Crippen molar-refractivity contribution >= 4 is 0 Å². The lowest BCUT2D eigenvalue weighted by molar-refractivity contribution is -0.688. The largest absolute Gasteiger partial charge is 0.491 e. The number of pyridine rings is 2. The van der Waals surface area contributed by atoms with Gasteiger partial charge in [0.2, 0.25) is 0 Å². The Bertz CT molecular complexity index is 4400. The van der Waals surface area contributed by atoms with Crippen molar-refractivity contribution in [2.75, 3.05) is 52.9 Å². The van der Waals surface area contributed by atoms with E-state index in [0.29, 0.717) is 52.9 Å². The van der Waals surface area contributed by atoms with E-state index in [-0.39, 0.29) is 21.7 Å². The summed E-state index contributed by atoms with van der Waals surface area (Å²) < 4.78 is 41.1. The third-order valence-corrected chi connectivity index (χ3v) is 21.6.